The molecule has 5 rings (SSSR count). The van der Waals surface area contributed by atoms with Crippen molar-refractivity contribution in [1.82, 2.24) is 4.90 Å². The van der Waals surface area contributed by atoms with Crippen LogP contribution in [0.3, 0.4) is 0 Å². The Kier molecular flexibility index (Phi) is 10.2. The van der Waals surface area contributed by atoms with Gasteiger partial charge in [0.1, 0.15) is 11.6 Å². The third-order valence-electron chi connectivity index (χ3n) is 10.4. The summed E-state index contributed by atoms with van der Waals surface area (Å²) in [5.41, 5.74) is 1.50. The number of aliphatic hydroxyl groups is 1. The lowest BCUT2D eigenvalue weighted by atomic mass is 9.64. The molecule has 5 atom stereocenters. The van der Waals surface area contributed by atoms with Crippen molar-refractivity contribution in [3.8, 4) is 0 Å². The monoisotopic (exact) mass is 627 g/mol. The molecule has 46 heavy (non-hydrogen) atoms. The first kappa shape index (κ1) is 33.6. The quantitative estimate of drug-likeness (QED) is 0.201. The molecule has 0 saturated carbocycles. The summed E-state index contributed by atoms with van der Waals surface area (Å²) in [6.45, 7) is 14.9. The van der Waals surface area contributed by atoms with Gasteiger partial charge in [-0.1, -0.05) is 68.3 Å². The maximum atomic E-state index is 15.0. The molecule has 3 saturated heterocycles. The highest BCUT2D eigenvalue weighted by Crippen LogP contribution is 2.65. The van der Waals surface area contributed by atoms with Gasteiger partial charge in [-0.15, -0.1) is 13.2 Å². The van der Waals surface area contributed by atoms with E-state index in [0.717, 1.165) is 35.3 Å². The second-order valence-electron chi connectivity index (χ2n) is 13.1. The Balaban J connectivity index is 1.60. The van der Waals surface area contributed by atoms with E-state index in [2.05, 4.69) is 13.2 Å². The van der Waals surface area contributed by atoms with Crippen LogP contribution in [0.4, 0.5) is 11.4 Å². The van der Waals surface area contributed by atoms with Crippen molar-refractivity contribution in [2.45, 2.75) is 83.0 Å². The number of hydrogen-bond donors (Lipinski definition) is 1. The molecule has 0 radical (unpaired) electrons. The standard InChI is InChI=1S/C38H49N3O5/c1-6-23-39(29-19-12-11-13-20-29)34(43)30-31-35(44)41(25-14-9-10-15-26-42)33(38(31)22-21-37(30,8-3)46-38)36(45)40(24-7-2)32-27(4)17-16-18-28(32)5/h6-7,11-13,16-20,30-31,33,42H,1-2,8-10,14-15,21-26H2,3-5H3/t30-,31-,33?,37+,38?/m0/s1. The van der Waals surface area contributed by atoms with E-state index in [1.54, 1.807) is 26.9 Å². The van der Waals surface area contributed by atoms with E-state index in [-0.39, 0.29) is 30.9 Å². The number of fused-ring (bicyclic) bond motifs is 1. The van der Waals surface area contributed by atoms with Crippen LogP contribution >= 0.6 is 0 Å². The molecule has 246 valence electrons. The molecule has 3 fully saturated rings. The molecule has 2 unspecified atom stereocenters. The number of benzene rings is 2. The summed E-state index contributed by atoms with van der Waals surface area (Å²) in [6.07, 6.45) is 8.13. The number of hydrogen-bond acceptors (Lipinski definition) is 5. The minimum absolute atomic E-state index is 0.126. The summed E-state index contributed by atoms with van der Waals surface area (Å²) in [4.78, 5) is 49.7. The molecule has 2 bridgehead atoms. The second kappa shape index (κ2) is 13.9. The highest BCUT2D eigenvalue weighted by molar-refractivity contribution is 6.07. The van der Waals surface area contributed by atoms with Gasteiger partial charge in [0.25, 0.3) is 5.91 Å². The number of likely N-dealkylation sites (tertiary alicyclic amines) is 1. The smallest absolute Gasteiger partial charge is 0.253 e. The minimum atomic E-state index is -1.12. The minimum Gasteiger partial charge on any atom is -0.396 e. The van der Waals surface area contributed by atoms with Gasteiger partial charge in [-0.05, 0) is 69.2 Å². The predicted molar refractivity (Wildman–Crippen MR) is 182 cm³/mol. The van der Waals surface area contributed by atoms with Crippen molar-refractivity contribution < 1.29 is 24.2 Å². The third-order valence-corrected chi connectivity index (χ3v) is 10.4. The van der Waals surface area contributed by atoms with Gasteiger partial charge in [0, 0.05) is 37.6 Å². The number of carbonyl (C=O) groups is 3. The summed E-state index contributed by atoms with van der Waals surface area (Å²) in [5.74, 6) is -2.06. The summed E-state index contributed by atoms with van der Waals surface area (Å²) >= 11 is 0. The van der Waals surface area contributed by atoms with Gasteiger partial charge in [0.05, 0.1) is 17.4 Å². The number of ether oxygens (including phenoxy) is 1. The number of anilines is 2. The van der Waals surface area contributed by atoms with E-state index < -0.39 is 29.1 Å². The van der Waals surface area contributed by atoms with Gasteiger partial charge in [0.2, 0.25) is 11.8 Å². The van der Waals surface area contributed by atoms with Gasteiger partial charge < -0.3 is 24.5 Å². The number of nitrogens with zero attached hydrogens (tertiary/aromatic N) is 3. The number of unbranched alkanes of at least 4 members (excludes halogenated alkanes) is 3. The zero-order chi connectivity index (χ0) is 33.1. The lowest BCUT2D eigenvalue weighted by Crippen LogP contribution is -2.57. The Labute approximate surface area is 273 Å². The van der Waals surface area contributed by atoms with Crippen molar-refractivity contribution in [1.29, 1.82) is 0 Å². The van der Waals surface area contributed by atoms with Crippen LogP contribution < -0.4 is 9.80 Å². The van der Waals surface area contributed by atoms with E-state index in [9.17, 15) is 14.7 Å². The molecule has 3 aliphatic heterocycles. The van der Waals surface area contributed by atoms with Gasteiger partial charge in [-0.3, -0.25) is 14.4 Å². The molecule has 2 aromatic rings. The molecular weight excluding hydrogens is 578 g/mol. The zero-order valence-corrected chi connectivity index (χ0v) is 27.6. The van der Waals surface area contributed by atoms with Crippen LogP contribution in [0.15, 0.2) is 73.8 Å². The average Bonchev–Trinajstić information content (AvgIpc) is 3.66. The Bertz CT molecular complexity index is 1440. The van der Waals surface area contributed by atoms with Crippen molar-refractivity contribution in [3.05, 3.63) is 85.0 Å². The van der Waals surface area contributed by atoms with Gasteiger partial charge in [-0.2, -0.15) is 0 Å². The number of amides is 3. The largest absolute Gasteiger partial charge is 0.396 e. The number of rotatable bonds is 15. The lowest BCUT2D eigenvalue weighted by molar-refractivity contribution is -0.146. The molecular formula is C38H49N3O5. The molecule has 1 N–H and O–H groups in total. The Morgan fingerprint density at radius 1 is 0.935 bits per heavy atom. The van der Waals surface area contributed by atoms with E-state index in [0.29, 0.717) is 45.2 Å². The normalized spacial score (nSPS) is 26.2. The Morgan fingerprint density at radius 3 is 2.22 bits per heavy atom. The van der Waals surface area contributed by atoms with Crippen LogP contribution in [0.1, 0.15) is 63.0 Å². The van der Waals surface area contributed by atoms with Crippen molar-refractivity contribution >= 4 is 29.1 Å². The van der Waals surface area contributed by atoms with Crippen LogP contribution in [-0.2, 0) is 19.1 Å². The van der Waals surface area contributed by atoms with Crippen LogP contribution in [0, 0.1) is 25.7 Å². The van der Waals surface area contributed by atoms with E-state index in [1.165, 1.54) is 0 Å². The molecule has 1 spiro atoms. The fourth-order valence-corrected chi connectivity index (χ4v) is 8.39. The highest BCUT2D eigenvalue weighted by Gasteiger charge is 2.79. The molecule has 8 nitrogen and oxygen atoms in total. The van der Waals surface area contributed by atoms with Crippen LogP contribution in [0.25, 0.3) is 0 Å². The summed E-state index contributed by atoms with van der Waals surface area (Å²) in [7, 11) is 0. The summed E-state index contributed by atoms with van der Waals surface area (Å²) < 4.78 is 7.08. The van der Waals surface area contributed by atoms with Crippen molar-refractivity contribution in [2.24, 2.45) is 11.8 Å². The number of aryl methyl sites for hydroxylation is 2. The van der Waals surface area contributed by atoms with Gasteiger partial charge >= 0.3 is 0 Å². The van der Waals surface area contributed by atoms with Crippen LogP contribution in [-0.4, -0.2) is 71.2 Å². The number of carbonyl (C=O) groups excluding carboxylic acids is 3. The third kappa shape index (κ3) is 5.60. The summed E-state index contributed by atoms with van der Waals surface area (Å²) in [5, 5.41) is 9.29. The molecule has 0 aliphatic carbocycles. The topological polar surface area (TPSA) is 90.4 Å². The molecule has 8 heteroatoms. The molecule has 3 heterocycles. The van der Waals surface area contributed by atoms with Gasteiger partial charge in [-0.25, -0.2) is 0 Å². The zero-order valence-electron chi connectivity index (χ0n) is 27.6. The van der Waals surface area contributed by atoms with Crippen molar-refractivity contribution in [3.63, 3.8) is 0 Å². The first-order valence-electron chi connectivity index (χ1n) is 16.8. The Morgan fingerprint density at radius 2 is 1.59 bits per heavy atom. The van der Waals surface area contributed by atoms with E-state index >= 15 is 4.79 Å². The average molecular weight is 628 g/mol. The second-order valence-corrected chi connectivity index (χ2v) is 13.1. The molecule has 3 amide bonds. The van der Waals surface area contributed by atoms with Crippen LogP contribution in [0.2, 0.25) is 0 Å². The number of para-hydroxylation sites is 2. The predicted octanol–water partition coefficient (Wildman–Crippen LogP) is 5.75. The van der Waals surface area contributed by atoms with E-state index in [4.69, 9.17) is 4.74 Å². The van der Waals surface area contributed by atoms with Crippen molar-refractivity contribution in [2.75, 3.05) is 36.0 Å². The maximum Gasteiger partial charge on any atom is 0.253 e. The Hall–Kier alpha value is -3.75. The fourth-order valence-electron chi connectivity index (χ4n) is 8.39. The first-order chi connectivity index (χ1) is 22.2. The fraction of sp³-hybridized carbons (Fsp3) is 0.500. The maximum absolute atomic E-state index is 15.0. The van der Waals surface area contributed by atoms with Crippen LogP contribution in [0.5, 0.6) is 0 Å². The summed E-state index contributed by atoms with van der Waals surface area (Å²) in [6, 6.07) is 14.5. The SMILES string of the molecule is C=CCN(C(=O)[C@@H]1[C@H]2C(=O)N(CCCCCCO)C(C(=O)N(CC=C)c3c(C)cccc3C)C23CC[C@@]1(CC)O3)c1ccccc1. The molecule has 0 aromatic heterocycles. The highest BCUT2D eigenvalue weighted by atomic mass is 16.5. The molecule has 2 aromatic carbocycles. The first-order valence-corrected chi connectivity index (χ1v) is 16.8. The van der Waals surface area contributed by atoms with E-state index in [1.807, 2.05) is 69.3 Å². The molecule has 3 aliphatic rings. The number of aliphatic hydroxyl groups excluding tert-OH is 1. The van der Waals surface area contributed by atoms with Gasteiger partial charge in [0.15, 0.2) is 0 Å². The lowest BCUT2D eigenvalue weighted by Gasteiger charge is -2.37.